The molecule has 0 heterocycles. The zero-order valence-corrected chi connectivity index (χ0v) is 15.5. The van der Waals surface area contributed by atoms with E-state index in [0.29, 0.717) is 43.6 Å². The van der Waals surface area contributed by atoms with Gasteiger partial charge in [0, 0.05) is 21.3 Å². The predicted molar refractivity (Wildman–Crippen MR) is 96.7 cm³/mol. The van der Waals surface area contributed by atoms with Crippen molar-refractivity contribution in [2.75, 3.05) is 19.0 Å². The van der Waals surface area contributed by atoms with Gasteiger partial charge in [0.05, 0.1) is 11.6 Å². The van der Waals surface area contributed by atoms with Crippen LogP contribution in [0, 0.1) is 0 Å². The minimum absolute atomic E-state index is 0.264. The summed E-state index contributed by atoms with van der Waals surface area (Å²) in [4.78, 5) is 22.9. The Balaban J connectivity index is 2.07. The SMILES string of the molecule is COc1cc(C=O)cc(Br)c1OCC(=O)Nc1cc(Cl)cc(Cl)c1. The topological polar surface area (TPSA) is 64.6 Å². The number of carbonyl (C=O) groups excluding carboxylic acids is 2. The Morgan fingerprint density at radius 2 is 1.88 bits per heavy atom. The number of ether oxygens (including phenoxy) is 2. The van der Waals surface area contributed by atoms with E-state index in [1.807, 2.05) is 0 Å². The largest absolute Gasteiger partial charge is 0.493 e. The van der Waals surface area contributed by atoms with E-state index in [2.05, 4.69) is 21.2 Å². The van der Waals surface area contributed by atoms with Gasteiger partial charge in [0.25, 0.3) is 5.91 Å². The summed E-state index contributed by atoms with van der Waals surface area (Å²) in [5.74, 6) is 0.259. The number of aldehydes is 1. The molecule has 0 saturated carbocycles. The van der Waals surface area contributed by atoms with Gasteiger partial charge < -0.3 is 14.8 Å². The zero-order valence-electron chi connectivity index (χ0n) is 12.4. The molecule has 2 aromatic carbocycles. The molecule has 0 fully saturated rings. The summed E-state index contributed by atoms with van der Waals surface area (Å²) in [6, 6.07) is 7.79. The van der Waals surface area contributed by atoms with Gasteiger partial charge in [-0.1, -0.05) is 23.2 Å². The highest BCUT2D eigenvalue weighted by atomic mass is 79.9. The van der Waals surface area contributed by atoms with E-state index in [0.717, 1.165) is 0 Å². The molecule has 1 N–H and O–H groups in total. The summed E-state index contributed by atoms with van der Waals surface area (Å²) in [7, 11) is 1.44. The molecule has 0 radical (unpaired) electrons. The Morgan fingerprint density at radius 1 is 1.21 bits per heavy atom. The van der Waals surface area contributed by atoms with Gasteiger partial charge in [-0.15, -0.1) is 0 Å². The van der Waals surface area contributed by atoms with E-state index >= 15 is 0 Å². The fraction of sp³-hybridized carbons (Fsp3) is 0.125. The number of anilines is 1. The summed E-state index contributed by atoms with van der Waals surface area (Å²) in [5.41, 5.74) is 0.882. The first-order valence-electron chi connectivity index (χ1n) is 6.64. The van der Waals surface area contributed by atoms with Gasteiger partial charge in [-0.25, -0.2) is 0 Å². The highest BCUT2D eigenvalue weighted by Gasteiger charge is 2.14. The molecule has 8 heteroatoms. The van der Waals surface area contributed by atoms with Crippen LogP contribution < -0.4 is 14.8 Å². The Hall–Kier alpha value is -1.76. The van der Waals surface area contributed by atoms with E-state index in [4.69, 9.17) is 32.7 Å². The first kappa shape index (κ1) is 18.6. The number of halogens is 3. The number of hydrogen-bond acceptors (Lipinski definition) is 4. The van der Waals surface area contributed by atoms with Crippen LogP contribution in [0.25, 0.3) is 0 Å². The summed E-state index contributed by atoms with van der Waals surface area (Å²) in [6.07, 6.45) is 0.687. The van der Waals surface area contributed by atoms with Crippen LogP contribution in [0.3, 0.4) is 0 Å². The first-order chi connectivity index (χ1) is 11.4. The Kier molecular flexibility index (Phi) is 6.48. The van der Waals surface area contributed by atoms with Gasteiger partial charge in [0.15, 0.2) is 18.1 Å². The van der Waals surface area contributed by atoms with Crippen molar-refractivity contribution in [2.24, 2.45) is 0 Å². The second kappa shape index (κ2) is 8.37. The summed E-state index contributed by atoms with van der Waals surface area (Å²) in [6.45, 7) is -0.264. The van der Waals surface area contributed by atoms with Gasteiger partial charge in [-0.05, 0) is 46.3 Å². The molecule has 0 bridgehead atoms. The molecular formula is C16H12BrCl2NO4. The standard InChI is InChI=1S/C16H12BrCl2NO4/c1-23-14-3-9(7-21)2-13(17)16(14)24-8-15(22)20-12-5-10(18)4-11(19)6-12/h2-7H,8H2,1H3,(H,20,22). The quantitative estimate of drug-likeness (QED) is 0.677. The second-order valence-corrected chi connectivity index (χ2v) is 6.37. The van der Waals surface area contributed by atoms with Crippen LogP contribution in [0.2, 0.25) is 10.0 Å². The number of hydrogen-bond donors (Lipinski definition) is 1. The molecule has 2 aromatic rings. The lowest BCUT2D eigenvalue weighted by Crippen LogP contribution is -2.20. The molecule has 1 amide bonds. The average molecular weight is 433 g/mol. The van der Waals surface area contributed by atoms with Crippen LogP contribution in [-0.4, -0.2) is 25.9 Å². The van der Waals surface area contributed by atoms with Crippen molar-refractivity contribution in [3.8, 4) is 11.5 Å². The second-order valence-electron chi connectivity index (χ2n) is 4.65. The fourth-order valence-corrected chi connectivity index (χ4v) is 3.01. The monoisotopic (exact) mass is 431 g/mol. The molecule has 0 aliphatic carbocycles. The van der Waals surface area contributed by atoms with Crippen LogP contribution in [0.4, 0.5) is 5.69 Å². The minimum Gasteiger partial charge on any atom is -0.493 e. The van der Waals surface area contributed by atoms with E-state index < -0.39 is 5.91 Å². The minimum atomic E-state index is -0.401. The van der Waals surface area contributed by atoms with Crippen LogP contribution in [-0.2, 0) is 4.79 Å². The first-order valence-corrected chi connectivity index (χ1v) is 8.19. The number of carbonyl (C=O) groups is 2. The smallest absolute Gasteiger partial charge is 0.262 e. The molecule has 0 aromatic heterocycles. The van der Waals surface area contributed by atoms with Gasteiger partial charge in [0.1, 0.15) is 6.29 Å². The Labute approximate surface area is 157 Å². The number of rotatable bonds is 6. The summed E-state index contributed by atoms with van der Waals surface area (Å²) < 4.78 is 11.2. The lowest BCUT2D eigenvalue weighted by Gasteiger charge is -2.13. The van der Waals surface area contributed by atoms with Gasteiger partial charge in [-0.2, -0.15) is 0 Å². The molecule has 126 valence electrons. The van der Waals surface area contributed by atoms with E-state index in [1.54, 1.807) is 24.3 Å². The van der Waals surface area contributed by atoms with Crippen molar-refractivity contribution < 1.29 is 19.1 Å². The highest BCUT2D eigenvalue weighted by molar-refractivity contribution is 9.10. The maximum absolute atomic E-state index is 12.0. The Bertz CT molecular complexity index is 763. The maximum atomic E-state index is 12.0. The average Bonchev–Trinajstić information content (AvgIpc) is 2.51. The fourth-order valence-electron chi connectivity index (χ4n) is 1.91. The van der Waals surface area contributed by atoms with Gasteiger partial charge in [-0.3, -0.25) is 9.59 Å². The number of methoxy groups -OCH3 is 1. The van der Waals surface area contributed by atoms with Crippen LogP contribution in [0.1, 0.15) is 10.4 Å². The van der Waals surface area contributed by atoms with Crippen LogP contribution in [0.5, 0.6) is 11.5 Å². The van der Waals surface area contributed by atoms with Gasteiger partial charge in [0.2, 0.25) is 0 Å². The third-order valence-corrected chi connectivity index (χ3v) is 3.91. The maximum Gasteiger partial charge on any atom is 0.262 e. The lowest BCUT2D eigenvalue weighted by atomic mass is 10.2. The molecule has 0 aliphatic heterocycles. The third-order valence-electron chi connectivity index (χ3n) is 2.88. The predicted octanol–water partition coefficient (Wildman–Crippen LogP) is 4.59. The van der Waals surface area contributed by atoms with Gasteiger partial charge >= 0.3 is 0 Å². The summed E-state index contributed by atoms with van der Waals surface area (Å²) >= 11 is 15.0. The molecule has 0 spiro atoms. The zero-order chi connectivity index (χ0) is 17.7. The number of nitrogens with one attached hydrogen (secondary N) is 1. The third kappa shape index (κ3) is 4.87. The van der Waals surface area contributed by atoms with Crippen molar-refractivity contribution in [3.05, 3.63) is 50.4 Å². The lowest BCUT2D eigenvalue weighted by molar-refractivity contribution is -0.118. The van der Waals surface area contributed by atoms with E-state index in [9.17, 15) is 9.59 Å². The van der Waals surface area contributed by atoms with Crippen molar-refractivity contribution in [3.63, 3.8) is 0 Å². The molecule has 0 aliphatic rings. The molecule has 24 heavy (non-hydrogen) atoms. The summed E-state index contributed by atoms with van der Waals surface area (Å²) in [5, 5.41) is 3.45. The van der Waals surface area contributed by atoms with E-state index in [-0.39, 0.29) is 6.61 Å². The van der Waals surface area contributed by atoms with Crippen molar-refractivity contribution in [1.29, 1.82) is 0 Å². The van der Waals surface area contributed by atoms with Crippen LogP contribution in [0.15, 0.2) is 34.8 Å². The number of amides is 1. The molecule has 0 atom stereocenters. The van der Waals surface area contributed by atoms with Crippen molar-refractivity contribution >= 4 is 57.0 Å². The van der Waals surface area contributed by atoms with Crippen molar-refractivity contribution in [2.45, 2.75) is 0 Å². The highest BCUT2D eigenvalue weighted by Crippen LogP contribution is 2.36. The molecule has 5 nitrogen and oxygen atoms in total. The number of benzene rings is 2. The normalized spacial score (nSPS) is 10.2. The van der Waals surface area contributed by atoms with Crippen molar-refractivity contribution in [1.82, 2.24) is 0 Å². The molecule has 2 rings (SSSR count). The molecule has 0 saturated heterocycles. The molecular weight excluding hydrogens is 421 g/mol. The Morgan fingerprint density at radius 3 is 2.46 bits per heavy atom. The molecule has 0 unspecified atom stereocenters. The van der Waals surface area contributed by atoms with E-state index in [1.165, 1.54) is 13.2 Å². The van der Waals surface area contributed by atoms with Crippen LogP contribution >= 0.6 is 39.1 Å².